The summed E-state index contributed by atoms with van der Waals surface area (Å²) in [5, 5.41) is 2.94. The van der Waals surface area contributed by atoms with E-state index in [4.69, 9.17) is 0 Å². The van der Waals surface area contributed by atoms with Crippen LogP contribution in [0.5, 0.6) is 0 Å². The third-order valence-electron chi connectivity index (χ3n) is 4.57. The van der Waals surface area contributed by atoms with E-state index in [1.165, 1.54) is 31.5 Å². The van der Waals surface area contributed by atoms with Crippen LogP contribution in [0, 0.1) is 5.92 Å². The molecule has 1 aliphatic heterocycles. The lowest BCUT2D eigenvalue weighted by Gasteiger charge is -2.30. The molecule has 1 aromatic heterocycles. The van der Waals surface area contributed by atoms with E-state index in [0.29, 0.717) is 12.1 Å². The Kier molecular flexibility index (Phi) is 5.59. The molecule has 2 aromatic rings. The predicted molar refractivity (Wildman–Crippen MR) is 95.5 cm³/mol. The van der Waals surface area contributed by atoms with Gasteiger partial charge in [0.05, 0.1) is 0 Å². The third kappa shape index (κ3) is 4.65. The Bertz CT molecular complexity index is 654. The second-order valence-corrected chi connectivity index (χ2v) is 6.72. The van der Waals surface area contributed by atoms with Crippen molar-refractivity contribution in [2.45, 2.75) is 32.9 Å². The Morgan fingerprint density at radius 2 is 1.88 bits per heavy atom. The van der Waals surface area contributed by atoms with Crippen molar-refractivity contribution >= 4 is 5.91 Å². The van der Waals surface area contributed by atoms with E-state index in [0.717, 1.165) is 18.0 Å². The summed E-state index contributed by atoms with van der Waals surface area (Å²) in [6, 6.07) is 12.0. The van der Waals surface area contributed by atoms with Crippen molar-refractivity contribution in [1.82, 2.24) is 15.2 Å². The third-order valence-corrected chi connectivity index (χ3v) is 4.57. The molecule has 1 aliphatic rings. The van der Waals surface area contributed by atoms with Crippen molar-refractivity contribution in [2.75, 3.05) is 13.1 Å². The van der Waals surface area contributed by atoms with Crippen LogP contribution in [0.4, 0.5) is 0 Å². The number of piperidine rings is 1. The highest BCUT2D eigenvalue weighted by atomic mass is 16.1. The van der Waals surface area contributed by atoms with Crippen LogP contribution in [0.3, 0.4) is 0 Å². The Morgan fingerprint density at radius 3 is 2.58 bits per heavy atom. The molecule has 126 valence electrons. The van der Waals surface area contributed by atoms with Gasteiger partial charge in [-0.15, -0.1) is 0 Å². The lowest BCUT2D eigenvalue weighted by molar-refractivity contribution is 0.0951. The standard InChI is InChI=1S/C20H25N3O/c1-16-3-2-12-23(14-16)15-18-6-4-17(5-7-18)13-22-20(24)19-8-10-21-11-9-19/h4-11,16H,2-3,12-15H2,1H3,(H,22,24). The van der Waals surface area contributed by atoms with Crippen molar-refractivity contribution in [2.24, 2.45) is 5.92 Å². The molecular weight excluding hydrogens is 298 g/mol. The molecule has 0 saturated carbocycles. The van der Waals surface area contributed by atoms with Crippen molar-refractivity contribution < 1.29 is 4.79 Å². The van der Waals surface area contributed by atoms with E-state index < -0.39 is 0 Å². The minimum atomic E-state index is -0.0659. The van der Waals surface area contributed by atoms with Crippen molar-refractivity contribution in [3.63, 3.8) is 0 Å². The van der Waals surface area contributed by atoms with Crippen LogP contribution in [0.15, 0.2) is 48.8 Å². The van der Waals surface area contributed by atoms with Gasteiger partial charge in [-0.1, -0.05) is 31.2 Å². The van der Waals surface area contributed by atoms with Gasteiger partial charge in [-0.3, -0.25) is 14.7 Å². The summed E-state index contributed by atoms with van der Waals surface area (Å²) in [5.74, 6) is 0.741. The van der Waals surface area contributed by atoms with Crippen molar-refractivity contribution in [3.8, 4) is 0 Å². The van der Waals surface area contributed by atoms with Gasteiger partial charge in [-0.25, -0.2) is 0 Å². The van der Waals surface area contributed by atoms with Gasteiger partial charge in [-0.05, 0) is 48.6 Å². The Morgan fingerprint density at radius 1 is 1.17 bits per heavy atom. The molecule has 1 fully saturated rings. The van der Waals surface area contributed by atoms with Crippen LogP contribution in [-0.2, 0) is 13.1 Å². The van der Waals surface area contributed by atoms with Gasteiger partial charge in [0.1, 0.15) is 0 Å². The van der Waals surface area contributed by atoms with E-state index in [-0.39, 0.29) is 5.91 Å². The van der Waals surface area contributed by atoms with Crippen molar-refractivity contribution in [3.05, 3.63) is 65.5 Å². The van der Waals surface area contributed by atoms with Crippen LogP contribution in [0.25, 0.3) is 0 Å². The number of hydrogen-bond acceptors (Lipinski definition) is 3. The molecule has 2 heterocycles. The number of pyridine rings is 1. The van der Waals surface area contributed by atoms with E-state index in [9.17, 15) is 4.79 Å². The topological polar surface area (TPSA) is 45.2 Å². The molecule has 0 radical (unpaired) electrons. The molecule has 1 aromatic carbocycles. The molecule has 0 aliphatic carbocycles. The summed E-state index contributed by atoms with van der Waals surface area (Å²) in [6.45, 7) is 6.30. The molecule has 4 heteroatoms. The predicted octanol–water partition coefficient (Wildman–Crippen LogP) is 3.24. The number of carbonyl (C=O) groups excluding carboxylic acids is 1. The number of rotatable bonds is 5. The van der Waals surface area contributed by atoms with Crippen LogP contribution >= 0.6 is 0 Å². The van der Waals surface area contributed by atoms with E-state index in [1.54, 1.807) is 24.5 Å². The summed E-state index contributed by atoms with van der Waals surface area (Å²) < 4.78 is 0. The number of aromatic nitrogens is 1. The second-order valence-electron chi connectivity index (χ2n) is 6.72. The molecule has 1 atom stereocenters. The molecule has 1 amide bonds. The van der Waals surface area contributed by atoms with Gasteiger partial charge in [0.2, 0.25) is 0 Å². The van der Waals surface area contributed by atoms with Gasteiger partial charge < -0.3 is 5.32 Å². The molecular formula is C20H25N3O. The second kappa shape index (κ2) is 8.06. The first kappa shape index (κ1) is 16.7. The maximum absolute atomic E-state index is 12.0. The average Bonchev–Trinajstić information content (AvgIpc) is 2.62. The maximum Gasteiger partial charge on any atom is 0.251 e. The van der Waals surface area contributed by atoms with Crippen molar-refractivity contribution in [1.29, 1.82) is 0 Å². The van der Waals surface area contributed by atoms with E-state index in [1.807, 2.05) is 0 Å². The smallest absolute Gasteiger partial charge is 0.251 e. The number of amides is 1. The molecule has 3 rings (SSSR count). The fourth-order valence-electron chi connectivity index (χ4n) is 3.24. The van der Waals surface area contributed by atoms with Crippen LogP contribution in [0.1, 0.15) is 41.3 Å². The quantitative estimate of drug-likeness (QED) is 0.919. The maximum atomic E-state index is 12.0. The minimum absolute atomic E-state index is 0.0659. The summed E-state index contributed by atoms with van der Waals surface area (Å²) in [4.78, 5) is 18.5. The molecule has 1 unspecified atom stereocenters. The van der Waals surface area contributed by atoms with Gasteiger partial charge in [-0.2, -0.15) is 0 Å². The lowest BCUT2D eigenvalue weighted by atomic mass is 9.99. The normalized spacial score (nSPS) is 18.3. The van der Waals surface area contributed by atoms with Gasteiger partial charge in [0, 0.05) is 37.6 Å². The van der Waals surface area contributed by atoms with Crippen LogP contribution < -0.4 is 5.32 Å². The zero-order valence-electron chi connectivity index (χ0n) is 14.2. The minimum Gasteiger partial charge on any atom is -0.348 e. The molecule has 4 nitrogen and oxygen atoms in total. The van der Waals surface area contributed by atoms with Gasteiger partial charge >= 0.3 is 0 Å². The number of carbonyl (C=O) groups is 1. The number of likely N-dealkylation sites (tertiary alicyclic amines) is 1. The summed E-state index contributed by atoms with van der Waals surface area (Å²) in [6.07, 6.45) is 5.92. The van der Waals surface area contributed by atoms with E-state index in [2.05, 4.69) is 46.4 Å². The first-order valence-corrected chi connectivity index (χ1v) is 8.69. The highest BCUT2D eigenvalue weighted by Gasteiger charge is 2.16. The average molecular weight is 323 g/mol. The fourth-order valence-corrected chi connectivity index (χ4v) is 3.24. The molecule has 0 bridgehead atoms. The summed E-state index contributed by atoms with van der Waals surface area (Å²) in [7, 11) is 0. The van der Waals surface area contributed by atoms with Crippen LogP contribution in [0.2, 0.25) is 0 Å². The summed E-state index contributed by atoms with van der Waals surface area (Å²) in [5.41, 5.74) is 3.10. The van der Waals surface area contributed by atoms with E-state index >= 15 is 0 Å². The molecule has 0 spiro atoms. The lowest BCUT2D eigenvalue weighted by Crippen LogP contribution is -2.33. The number of hydrogen-bond donors (Lipinski definition) is 1. The number of benzene rings is 1. The summed E-state index contributed by atoms with van der Waals surface area (Å²) >= 11 is 0. The first-order chi connectivity index (χ1) is 11.7. The zero-order chi connectivity index (χ0) is 16.8. The molecule has 1 saturated heterocycles. The highest BCUT2D eigenvalue weighted by Crippen LogP contribution is 2.18. The number of nitrogens with zero attached hydrogens (tertiary/aromatic N) is 2. The Hall–Kier alpha value is -2.20. The Balaban J connectivity index is 1.50. The van der Waals surface area contributed by atoms with Gasteiger partial charge in [0.25, 0.3) is 5.91 Å². The molecule has 24 heavy (non-hydrogen) atoms. The monoisotopic (exact) mass is 323 g/mol. The first-order valence-electron chi connectivity index (χ1n) is 8.69. The molecule has 1 N–H and O–H groups in total. The van der Waals surface area contributed by atoms with Gasteiger partial charge in [0.15, 0.2) is 0 Å². The SMILES string of the molecule is CC1CCCN(Cc2ccc(CNC(=O)c3ccncc3)cc2)C1. The Labute approximate surface area is 143 Å². The fraction of sp³-hybridized carbons (Fsp3) is 0.400. The number of nitrogens with one attached hydrogen (secondary N) is 1. The highest BCUT2D eigenvalue weighted by molar-refractivity contribution is 5.93. The zero-order valence-corrected chi connectivity index (χ0v) is 14.2. The van der Waals surface area contributed by atoms with Crippen LogP contribution in [-0.4, -0.2) is 28.9 Å². The largest absolute Gasteiger partial charge is 0.348 e.